The van der Waals surface area contributed by atoms with Gasteiger partial charge in [0.2, 0.25) is 0 Å². The minimum Gasteiger partial charge on any atom is -0.0926 e. The van der Waals surface area contributed by atoms with Crippen molar-refractivity contribution in [3.8, 4) is 0 Å². The molecule has 0 aromatic heterocycles. The molecule has 1 fully saturated rings. The summed E-state index contributed by atoms with van der Waals surface area (Å²) in [7, 11) is 0. The average molecular weight is 210 g/mol. The van der Waals surface area contributed by atoms with Crippen LogP contribution in [0.25, 0.3) is 0 Å². The Labute approximate surface area is 85.4 Å². The van der Waals surface area contributed by atoms with Gasteiger partial charge in [-0.15, -0.1) is 0 Å². The van der Waals surface area contributed by atoms with E-state index in [1.54, 1.807) is 0 Å². The topological polar surface area (TPSA) is 0 Å². The lowest BCUT2D eigenvalue weighted by Crippen LogP contribution is -2.05. The van der Waals surface area contributed by atoms with Crippen LogP contribution < -0.4 is 5.30 Å². The van der Waals surface area contributed by atoms with Crippen molar-refractivity contribution in [1.82, 2.24) is 0 Å². The smallest absolute Gasteiger partial charge is 0.0142 e. The van der Waals surface area contributed by atoms with Gasteiger partial charge in [-0.2, -0.15) is 0 Å². The van der Waals surface area contributed by atoms with Gasteiger partial charge < -0.3 is 0 Å². The molecule has 0 aliphatic carbocycles. The van der Waals surface area contributed by atoms with Crippen LogP contribution in [0.3, 0.4) is 0 Å². The Morgan fingerprint density at radius 2 is 2.00 bits per heavy atom. The Bertz CT molecular complexity index is 331. The fourth-order valence-corrected chi connectivity index (χ4v) is 6.91. The maximum Gasteiger partial charge on any atom is -0.0142 e. The van der Waals surface area contributed by atoms with Crippen LogP contribution in [0.1, 0.15) is 13.3 Å². The Morgan fingerprint density at radius 1 is 1.31 bits per heavy atom. The Balaban J connectivity index is 2.32. The van der Waals surface area contributed by atoms with E-state index < -0.39 is 6.04 Å². The zero-order chi connectivity index (χ0) is 9.31. The van der Waals surface area contributed by atoms with Gasteiger partial charge >= 0.3 is 0 Å². The molecule has 0 saturated carbocycles. The van der Waals surface area contributed by atoms with E-state index in [0.717, 1.165) is 5.92 Å². The van der Waals surface area contributed by atoms with Crippen LogP contribution in [0.2, 0.25) is 0 Å². The first kappa shape index (κ1) is 9.43. The number of benzene rings is 1. The zero-order valence-electron chi connectivity index (χ0n) is 7.94. The van der Waals surface area contributed by atoms with Crippen molar-refractivity contribution in [3.63, 3.8) is 0 Å². The van der Waals surface area contributed by atoms with Gasteiger partial charge in [0.25, 0.3) is 0 Å². The van der Waals surface area contributed by atoms with Crippen molar-refractivity contribution < 1.29 is 0 Å². The molecule has 2 atom stereocenters. The summed E-state index contributed by atoms with van der Waals surface area (Å²) in [4.78, 5) is 0. The Kier molecular flexibility index (Phi) is 2.58. The van der Waals surface area contributed by atoms with Crippen LogP contribution in [0.15, 0.2) is 30.3 Å². The molecule has 1 aliphatic rings. The van der Waals surface area contributed by atoms with E-state index in [-0.39, 0.29) is 0 Å². The van der Waals surface area contributed by atoms with Crippen molar-refractivity contribution in [2.45, 2.75) is 13.3 Å². The summed E-state index contributed by atoms with van der Waals surface area (Å²) in [6, 6.07) is 9.61. The molecule has 1 aromatic rings. The van der Waals surface area contributed by atoms with E-state index >= 15 is 0 Å². The molecule has 0 N–H and O–H groups in total. The highest BCUT2D eigenvalue weighted by Gasteiger charge is 2.28. The molecule has 0 spiro atoms. The van der Waals surface area contributed by atoms with E-state index in [1.807, 2.05) is 0 Å². The molecule has 0 radical (unpaired) electrons. The Hall–Kier alpha value is -0.130. The van der Waals surface area contributed by atoms with Crippen molar-refractivity contribution in [2.75, 3.05) is 12.3 Å². The second-order valence-corrected chi connectivity index (χ2v) is 9.23. The summed E-state index contributed by atoms with van der Waals surface area (Å²) in [6.07, 6.45) is 3.91. The number of hydrogen-bond acceptors (Lipinski definition) is 1. The summed E-state index contributed by atoms with van der Waals surface area (Å²) in [5.74, 6) is 0.853. The Morgan fingerprint density at radius 3 is 2.54 bits per heavy atom. The van der Waals surface area contributed by atoms with Gasteiger partial charge in [0, 0.05) is 0 Å². The molecule has 2 heteroatoms. The third-order valence-electron chi connectivity index (χ3n) is 2.82. The van der Waals surface area contributed by atoms with Crippen LogP contribution in [0, 0.1) is 5.92 Å². The van der Waals surface area contributed by atoms with Crippen molar-refractivity contribution in [1.29, 1.82) is 0 Å². The van der Waals surface area contributed by atoms with Crippen LogP contribution in [0.5, 0.6) is 0 Å². The molecular weight excluding hydrogens is 195 g/mol. The first-order valence-corrected chi connectivity index (χ1v) is 8.02. The molecule has 0 nitrogen and oxygen atoms in total. The molecule has 1 heterocycles. The third-order valence-corrected chi connectivity index (χ3v) is 7.88. The summed E-state index contributed by atoms with van der Waals surface area (Å²) in [5, 5.41) is 1.45. The SMILES string of the molecule is CC1CCP(=S)(c2ccccc2)C1. The van der Waals surface area contributed by atoms with Gasteiger partial charge in [-0.3, -0.25) is 0 Å². The van der Waals surface area contributed by atoms with Gasteiger partial charge in [-0.1, -0.05) is 49.1 Å². The van der Waals surface area contributed by atoms with Crippen LogP contribution in [0.4, 0.5) is 0 Å². The molecule has 0 bridgehead atoms. The summed E-state index contributed by atoms with van der Waals surface area (Å²) in [6.45, 7) is 2.33. The maximum atomic E-state index is 5.82. The minimum atomic E-state index is -1.15. The van der Waals surface area contributed by atoms with Gasteiger partial charge in [0.05, 0.1) is 0 Å². The van der Waals surface area contributed by atoms with E-state index in [2.05, 4.69) is 37.3 Å². The van der Waals surface area contributed by atoms with E-state index in [9.17, 15) is 0 Å². The molecule has 70 valence electrons. The van der Waals surface area contributed by atoms with Gasteiger partial charge in [-0.25, -0.2) is 0 Å². The summed E-state index contributed by atoms with van der Waals surface area (Å²) < 4.78 is 0. The van der Waals surface area contributed by atoms with E-state index in [0.29, 0.717) is 0 Å². The van der Waals surface area contributed by atoms with Crippen molar-refractivity contribution >= 4 is 23.1 Å². The third kappa shape index (κ3) is 1.87. The van der Waals surface area contributed by atoms with Crippen molar-refractivity contribution in [3.05, 3.63) is 30.3 Å². The van der Waals surface area contributed by atoms with Crippen LogP contribution in [-0.2, 0) is 11.8 Å². The standard InChI is InChI=1S/C11H15PS/c1-10-7-8-12(13,9-10)11-5-3-2-4-6-11/h2-6,10H,7-9H2,1H3. The molecule has 13 heavy (non-hydrogen) atoms. The van der Waals surface area contributed by atoms with E-state index in [1.165, 1.54) is 24.0 Å². The summed E-state index contributed by atoms with van der Waals surface area (Å²) in [5.41, 5.74) is 0. The van der Waals surface area contributed by atoms with Crippen LogP contribution >= 0.6 is 6.04 Å². The fraction of sp³-hybridized carbons (Fsp3) is 0.455. The van der Waals surface area contributed by atoms with Crippen LogP contribution in [-0.4, -0.2) is 12.3 Å². The lowest BCUT2D eigenvalue weighted by atomic mass is 10.2. The predicted molar refractivity (Wildman–Crippen MR) is 63.9 cm³/mol. The second-order valence-electron chi connectivity index (χ2n) is 4.02. The first-order valence-electron chi connectivity index (χ1n) is 4.84. The fourth-order valence-electron chi connectivity index (χ4n) is 2.05. The van der Waals surface area contributed by atoms with Gasteiger partial charge in [0.15, 0.2) is 0 Å². The highest BCUT2D eigenvalue weighted by molar-refractivity contribution is 8.18. The minimum absolute atomic E-state index is 0.853. The lowest BCUT2D eigenvalue weighted by molar-refractivity contribution is 0.669. The monoisotopic (exact) mass is 210 g/mol. The second kappa shape index (κ2) is 3.55. The predicted octanol–water partition coefficient (Wildman–Crippen LogP) is 2.83. The van der Waals surface area contributed by atoms with Gasteiger partial charge in [0.1, 0.15) is 0 Å². The highest BCUT2D eigenvalue weighted by atomic mass is 32.4. The normalized spacial score (nSPS) is 33.5. The van der Waals surface area contributed by atoms with Crippen molar-refractivity contribution in [2.24, 2.45) is 5.92 Å². The van der Waals surface area contributed by atoms with E-state index in [4.69, 9.17) is 11.8 Å². The lowest BCUT2D eigenvalue weighted by Gasteiger charge is -2.15. The number of rotatable bonds is 1. The molecule has 1 saturated heterocycles. The average Bonchev–Trinajstić information content (AvgIpc) is 2.49. The molecule has 0 amide bonds. The molecular formula is C11H15PS. The molecule has 2 rings (SSSR count). The molecule has 1 aliphatic heterocycles. The first-order chi connectivity index (χ1) is 6.21. The largest absolute Gasteiger partial charge is 0.0926 e. The maximum absolute atomic E-state index is 5.82. The zero-order valence-corrected chi connectivity index (χ0v) is 9.65. The summed E-state index contributed by atoms with van der Waals surface area (Å²) >= 11 is 5.82. The number of hydrogen-bond donors (Lipinski definition) is 0. The molecule has 1 aromatic carbocycles. The molecule has 2 unspecified atom stereocenters. The highest BCUT2D eigenvalue weighted by Crippen LogP contribution is 2.53. The van der Waals surface area contributed by atoms with Gasteiger partial charge in [-0.05, 0) is 36.0 Å². The quantitative estimate of drug-likeness (QED) is 0.642.